The van der Waals surface area contributed by atoms with Crippen LogP contribution in [0.1, 0.15) is 0 Å². The highest BCUT2D eigenvalue weighted by Gasteiger charge is 2.12. The first-order valence-electron chi connectivity index (χ1n) is 9.15. The molecule has 0 unspecified atom stereocenters. The van der Waals surface area contributed by atoms with Gasteiger partial charge in [0.05, 0.1) is 11.4 Å². The number of hydrogen-bond acceptors (Lipinski definition) is 1. The minimum absolute atomic E-state index is 0.931. The smallest absolute Gasteiger partial charge is 0.214 e. The van der Waals surface area contributed by atoms with Gasteiger partial charge in [-0.2, -0.15) is 0 Å². The van der Waals surface area contributed by atoms with E-state index in [1.807, 2.05) is 6.07 Å². The normalized spacial score (nSPS) is 11.2. The molecular formula is C24H18BrN3. The van der Waals surface area contributed by atoms with Crippen LogP contribution in [0.2, 0.25) is 0 Å². The number of benzene rings is 3. The van der Waals surface area contributed by atoms with E-state index in [9.17, 15) is 0 Å². The van der Waals surface area contributed by atoms with Crippen molar-refractivity contribution < 1.29 is 0 Å². The fourth-order valence-corrected chi connectivity index (χ4v) is 3.81. The van der Waals surface area contributed by atoms with Gasteiger partial charge in [-0.3, -0.25) is 4.40 Å². The van der Waals surface area contributed by atoms with Gasteiger partial charge in [0.2, 0.25) is 5.78 Å². The Bertz CT molecular complexity index is 1250. The van der Waals surface area contributed by atoms with Gasteiger partial charge in [-0.15, -0.1) is 0 Å². The van der Waals surface area contributed by atoms with E-state index in [2.05, 4.69) is 117 Å². The predicted octanol–water partition coefficient (Wildman–Crippen LogP) is 6.44. The average molecular weight is 428 g/mol. The van der Waals surface area contributed by atoms with Crippen LogP contribution in [-0.4, -0.2) is 14.0 Å². The van der Waals surface area contributed by atoms with Gasteiger partial charge >= 0.3 is 0 Å². The lowest BCUT2D eigenvalue weighted by atomic mass is 10.0. The molecule has 0 fully saturated rings. The maximum absolute atomic E-state index is 4.87. The Labute approximate surface area is 172 Å². The zero-order valence-electron chi connectivity index (χ0n) is 15.4. The Morgan fingerprint density at radius 2 is 1.29 bits per heavy atom. The molecular weight excluding hydrogens is 410 g/mol. The van der Waals surface area contributed by atoms with E-state index < -0.39 is 0 Å². The third-order valence-corrected chi connectivity index (χ3v) is 5.59. The van der Waals surface area contributed by atoms with Gasteiger partial charge < -0.3 is 4.57 Å². The van der Waals surface area contributed by atoms with Crippen molar-refractivity contribution in [3.05, 3.63) is 95.7 Å². The molecule has 3 aromatic carbocycles. The molecule has 3 nitrogen and oxygen atoms in total. The largest absolute Gasteiger partial charge is 0.313 e. The fraction of sp³-hybridized carbons (Fsp3) is 0.0417. The maximum atomic E-state index is 4.87. The molecule has 0 amide bonds. The quantitative estimate of drug-likeness (QED) is 0.324. The number of aromatic nitrogens is 3. The topological polar surface area (TPSA) is 22.2 Å². The van der Waals surface area contributed by atoms with E-state index >= 15 is 0 Å². The molecule has 0 N–H and O–H groups in total. The minimum atomic E-state index is 0.931. The second-order valence-electron chi connectivity index (χ2n) is 6.86. The summed E-state index contributed by atoms with van der Waals surface area (Å²) in [6.45, 7) is 0. The highest BCUT2D eigenvalue weighted by atomic mass is 79.9. The van der Waals surface area contributed by atoms with Gasteiger partial charge in [-0.1, -0.05) is 82.7 Å². The highest BCUT2D eigenvalue weighted by molar-refractivity contribution is 9.10. The van der Waals surface area contributed by atoms with E-state index in [4.69, 9.17) is 4.98 Å². The van der Waals surface area contributed by atoms with Gasteiger partial charge in [-0.05, 0) is 28.8 Å². The van der Waals surface area contributed by atoms with Crippen LogP contribution < -0.4 is 0 Å². The molecule has 2 heterocycles. The van der Waals surface area contributed by atoms with Crippen LogP contribution in [0.15, 0.2) is 95.7 Å². The summed E-state index contributed by atoms with van der Waals surface area (Å²) in [7, 11) is 2.06. The lowest BCUT2D eigenvalue weighted by Crippen LogP contribution is -1.92. The first-order valence-corrected chi connectivity index (χ1v) is 9.94. The summed E-state index contributed by atoms with van der Waals surface area (Å²) in [5.74, 6) is 0.931. The molecule has 0 aliphatic rings. The molecule has 0 bridgehead atoms. The van der Waals surface area contributed by atoms with Gasteiger partial charge in [0.1, 0.15) is 0 Å². The molecule has 2 aromatic heterocycles. The van der Waals surface area contributed by atoms with E-state index in [-0.39, 0.29) is 0 Å². The Balaban J connectivity index is 1.50. The maximum Gasteiger partial charge on any atom is 0.214 e. The second-order valence-corrected chi connectivity index (χ2v) is 7.77. The number of halogens is 1. The SMILES string of the molecule is Cn1c(-c2ccc(Br)cc2)cn2cc(-c3ccc(-c4ccccc4)cc3)nc12. The number of fused-ring (bicyclic) bond motifs is 1. The molecule has 5 aromatic rings. The number of rotatable bonds is 3. The van der Waals surface area contributed by atoms with Crippen LogP contribution in [0.3, 0.4) is 0 Å². The van der Waals surface area contributed by atoms with Crippen molar-refractivity contribution in [3.63, 3.8) is 0 Å². The van der Waals surface area contributed by atoms with Crippen molar-refractivity contribution in [3.8, 4) is 33.6 Å². The molecule has 0 aliphatic heterocycles. The Morgan fingerprint density at radius 3 is 1.96 bits per heavy atom. The zero-order valence-corrected chi connectivity index (χ0v) is 17.0. The van der Waals surface area contributed by atoms with E-state index in [1.54, 1.807) is 0 Å². The van der Waals surface area contributed by atoms with E-state index in [0.717, 1.165) is 27.2 Å². The number of imidazole rings is 2. The van der Waals surface area contributed by atoms with Crippen molar-refractivity contribution in [1.29, 1.82) is 0 Å². The zero-order chi connectivity index (χ0) is 19.1. The standard InChI is InChI=1S/C24H18BrN3/c1-27-23(20-11-13-21(25)14-12-20)16-28-15-22(26-24(27)28)19-9-7-18(8-10-19)17-5-3-2-4-6-17/h2-16H,1H3. The minimum Gasteiger partial charge on any atom is -0.313 e. The molecule has 0 radical (unpaired) electrons. The van der Waals surface area contributed by atoms with Gasteiger partial charge in [-0.25, -0.2) is 4.98 Å². The third kappa shape index (κ3) is 2.96. The van der Waals surface area contributed by atoms with Crippen LogP contribution in [0.4, 0.5) is 0 Å². The summed E-state index contributed by atoms with van der Waals surface area (Å²) in [4.78, 5) is 4.87. The summed E-state index contributed by atoms with van der Waals surface area (Å²) >= 11 is 3.49. The second kappa shape index (κ2) is 6.80. The van der Waals surface area contributed by atoms with Crippen molar-refractivity contribution in [2.75, 3.05) is 0 Å². The van der Waals surface area contributed by atoms with Crippen molar-refractivity contribution in [2.24, 2.45) is 7.05 Å². The Hall–Kier alpha value is -3.11. The molecule has 0 saturated heterocycles. The van der Waals surface area contributed by atoms with Gasteiger partial charge in [0, 0.05) is 29.5 Å². The first kappa shape index (κ1) is 17.0. The van der Waals surface area contributed by atoms with E-state index in [0.29, 0.717) is 0 Å². The van der Waals surface area contributed by atoms with Crippen LogP contribution in [0, 0.1) is 0 Å². The summed E-state index contributed by atoms with van der Waals surface area (Å²) < 4.78 is 5.31. The van der Waals surface area contributed by atoms with Gasteiger partial charge in [0.15, 0.2) is 0 Å². The van der Waals surface area contributed by atoms with Crippen LogP contribution in [-0.2, 0) is 7.05 Å². The predicted molar refractivity (Wildman–Crippen MR) is 118 cm³/mol. The van der Waals surface area contributed by atoms with Crippen LogP contribution in [0.25, 0.3) is 39.4 Å². The molecule has 136 valence electrons. The monoisotopic (exact) mass is 427 g/mol. The van der Waals surface area contributed by atoms with Crippen molar-refractivity contribution >= 4 is 21.7 Å². The highest BCUT2D eigenvalue weighted by Crippen LogP contribution is 2.28. The van der Waals surface area contributed by atoms with Crippen LogP contribution >= 0.6 is 15.9 Å². The van der Waals surface area contributed by atoms with Crippen molar-refractivity contribution in [1.82, 2.24) is 14.0 Å². The molecule has 28 heavy (non-hydrogen) atoms. The third-order valence-electron chi connectivity index (χ3n) is 5.06. The molecule has 4 heteroatoms. The number of nitrogens with zero attached hydrogens (tertiary/aromatic N) is 3. The number of aryl methyl sites for hydroxylation is 1. The van der Waals surface area contributed by atoms with Crippen molar-refractivity contribution in [2.45, 2.75) is 0 Å². The van der Waals surface area contributed by atoms with Gasteiger partial charge in [0.25, 0.3) is 0 Å². The lowest BCUT2D eigenvalue weighted by molar-refractivity contribution is 0.945. The summed E-state index contributed by atoms with van der Waals surface area (Å²) in [5, 5.41) is 0. The molecule has 0 saturated carbocycles. The lowest BCUT2D eigenvalue weighted by Gasteiger charge is -2.04. The summed E-state index contributed by atoms with van der Waals surface area (Å²) in [6, 6.07) is 27.4. The Kier molecular flexibility index (Phi) is 4.14. The average Bonchev–Trinajstić information content (AvgIpc) is 3.29. The summed E-state index contributed by atoms with van der Waals surface area (Å²) in [6.07, 6.45) is 4.22. The molecule has 5 rings (SSSR count). The van der Waals surface area contributed by atoms with E-state index in [1.165, 1.54) is 16.7 Å². The molecule has 0 atom stereocenters. The van der Waals surface area contributed by atoms with Crippen LogP contribution in [0.5, 0.6) is 0 Å². The number of hydrogen-bond donors (Lipinski definition) is 0. The molecule has 0 spiro atoms. The Morgan fingerprint density at radius 1 is 0.679 bits per heavy atom. The fourth-order valence-electron chi connectivity index (χ4n) is 3.55. The molecule has 0 aliphatic carbocycles. The first-order chi connectivity index (χ1) is 13.7. The summed E-state index contributed by atoms with van der Waals surface area (Å²) in [5.41, 5.74) is 6.85.